The Morgan fingerprint density at radius 1 is 1.00 bits per heavy atom. The summed E-state index contributed by atoms with van der Waals surface area (Å²) in [7, 11) is 2.09. The molecular formula is C17H16BrN. The smallest absolute Gasteiger partial charge is 0.0605 e. The number of nitrogens with zero attached hydrogens (tertiary/aromatic N) is 1. The Labute approximate surface area is 123 Å². The van der Waals surface area contributed by atoms with Crippen LogP contribution in [0.1, 0.15) is 11.1 Å². The SMILES string of the molecule is CN(CC#Cc1ccccc1Br)Cc1ccccc1. The molecule has 2 rings (SSSR count). The van der Waals surface area contributed by atoms with Gasteiger partial charge < -0.3 is 0 Å². The molecule has 2 heteroatoms. The lowest BCUT2D eigenvalue weighted by atomic mass is 10.2. The summed E-state index contributed by atoms with van der Waals surface area (Å²) >= 11 is 3.50. The second kappa shape index (κ2) is 7.13. The molecule has 2 aromatic rings. The maximum absolute atomic E-state index is 3.50. The first kappa shape index (κ1) is 13.9. The van der Waals surface area contributed by atoms with E-state index in [1.54, 1.807) is 0 Å². The van der Waals surface area contributed by atoms with Crippen LogP contribution < -0.4 is 0 Å². The van der Waals surface area contributed by atoms with Gasteiger partial charge in [0.15, 0.2) is 0 Å². The standard InChI is InChI=1S/C17H16BrN/c1-19(14-15-8-3-2-4-9-15)13-7-11-16-10-5-6-12-17(16)18/h2-6,8-10,12H,13-14H2,1H3. The molecule has 0 aliphatic heterocycles. The second-order valence-corrected chi connectivity index (χ2v) is 5.29. The highest BCUT2D eigenvalue weighted by molar-refractivity contribution is 9.10. The summed E-state index contributed by atoms with van der Waals surface area (Å²) < 4.78 is 1.05. The van der Waals surface area contributed by atoms with Crippen molar-refractivity contribution in [3.8, 4) is 11.8 Å². The third-order valence-corrected chi connectivity index (χ3v) is 3.43. The lowest BCUT2D eigenvalue weighted by Gasteiger charge is -2.12. The van der Waals surface area contributed by atoms with Crippen molar-refractivity contribution in [3.05, 3.63) is 70.2 Å². The fourth-order valence-electron chi connectivity index (χ4n) is 1.78. The first-order valence-corrected chi connectivity index (χ1v) is 7.01. The Balaban J connectivity index is 1.91. The van der Waals surface area contributed by atoms with Crippen LogP contribution in [0.3, 0.4) is 0 Å². The Bertz CT molecular complexity index is 581. The van der Waals surface area contributed by atoms with Crippen LogP contribution in [0.4, 0.5) is 0 Å². The van der Waals surface area contributed by atoms with Gasteiger partial charge in [0.25, 0.3) is 0 Å². The van der Waals surface area contributed by atoms with Gasteiger partial charge in [-0.25, -0.2) is 0 Å². The highest BCUT2D eigenvalue weighted by Gasteiger charge is 1.97. The maximum Gasteiger partial charge on any atom is 0.0605 e. The average molecular weight is 314 g/mol. The monoisotopic (exact) mass is 313 g/mol. The van der Waals surface area contributed by atoms with Crippen molar-refractivity contribution in [1.82, 2.24) is 4.90 Å². The molecule has 0 radical (unpaired) electrons. The molecule has 2 aromatic carbocycles. The van der Waals surface area contributed by atoms with E-state index >= 15 is 0 Å². The van der Waals surface area contributed by atoms with E-state index in [0.29, 0.717) is 0 Å². The highest BCUT2D eigenvalue weighted by atomic mass is 79.9. The number of hydrogen-bond acceptors (Lipinski definition) is 1. The van der Waals surface area contributed by atoms with Crippen LogP contribution in [0.5, 0.6) is 0 Å². The third kappa shape index (κ3) is 4.55. The summed E-state index contributed by atoms with van der Waals surface area (Å²) in [6.45, 7) is 1.68. The highest BCUT2D eigenvalue weighted by Crippen LogP contribution is 2.14. The minimum Gasteiger partial charge on any atom is -0.291 e. The lowest BCUT2D eigenvalue weighted by molar-refractivity contribution is 0.369. The van der Waals surface area contributed by atoms with E-state index < -0.39 is 0 Å². The van der Waals surface area contributed by atoms with Gasteiger partial charge in [-0.2, -0.15) is 0 Å². The summed E-state index contributed by atoms with van der Waals surface area (Å²) in [4.78, 5) is 2.21. The fourth-order valence-corrected chi connectivity index (χ4v) is 2.17. The number of rotatable bonds is 3. The van der Waals surface area contributed by atoms with E-state index in [-0.39, 0.29) is 0 Å². The van der Waals surface area contributed by atoms with Gasteiger partial charge in [-0.3, -0.25) is 4.90 Å². The summed E-state index contributed by atoms with van der Waals surface area (Å²) in [6, 6.07) is 18.5. The fraction of sp³-hybridized carbons (Fsp3) is 0.176. The van der Waals surface area contributed by atoms with Crippen molar-refractivity contribution in [2.75, 3.05) is 13.6 Å². The molecule has 0 saturated heterocycles. The van der Waals surface area contributed by atoms with Gasteiger partial charge >= 0.3 is 0 Å². The quantitative estimate of drug-likeness (QED) is 0.776. The molecule has 0 bridgehead atoms. The van der Waals surface area contributed by atoms with Crippen molar-refractivity contribution in [2.45, 2.75) is 6.54 Å². The van der Waals surface area contributed by atoms with Crippen LogP contribution in [0.2, 0.25) is 0 Å². The largest absolute Gasteiger partial charge is 0.291 e. The number of hydrogen-bond donors (Lipinski definition) is 0. The number of halogens is 1. The van der Waals surface area contributed by atoms with Crippen LogP contribution in [0.15, 0.2) is 59.1 Å². The van der Waals surface area contributed by atoms with Gasteiger partial charge in [0.2, 0.25) is 0 Å². The molecule has 0 spiro atoms. The molecule has 0 atom stereocenters. The predicted molar refractivity (Wildman–Crippen MR) is 83.8 cm³/mol. The van der Waals surface area contributed by atoms with Gasteiger partial charge in [-0.15, -0.1) is 0 Å². The summed E-state index contributed by atoms with van der Waals surface area (Å²) in [5.74, 6) is 6.40. The van der Waals surface area contributed by atoms with Crippen molar-refractivity contribution in [1.29, 1.82) is 0 Å². The molecule has 0 heterocycles. The Morgan fingerprint density at radius 2 is 1.68 bits per heavy atom. The molecule has 0 unspecified atom stereocenters. The Kier molecular flexibility index (Phi) is 5.20. The normalized spacial score (nSPS) is 10.1. The minimum absolute atomic E-state index is 0.760. The van der Waals surface area contributed by atoms with E-state index in [9.17, 15) is 0 Å². The zero-order chi connectivity index (χ0) is 13.5. The summed E-state index contributed by atoms with van der Waals surface area (Å²) in [5, 5.41) is 0. The Morgan fingerprint density at radius 3 is 2.42 bits per heavy atom. The topological polar surface area (TPSA) is 3.24 Å². The molecule has 0 saturated carbocycles. The van der Waals surface area contributed by atoms with Gasteiger partial charge in [-0.05, 0) is 40.7 Å². The van der Waals surface area contributed by atoms with Crippen molar-refractivity contribution < 1.29 is 0 Å². The lowest BCUT2D eigenvalue weighted by Crippen LogP contribution is -2.17. The van der Waals surface area contributed by atoms with Crippen LogP contribution in [-0.4, -0.2) is 18.5 Å². The second-order valence-electron chi connectivity index (χ2n) is 4.44. The van der Waals surface area contributed by atoms with E-state index in [1.807, 2.05) is 30.3 Å². The Hall–Kier alpha value is -1.56. The predicted octanol–water partition coefficient (Wildman–Crippen LogP) is 3.93. The zero-order valence-electron chi connectivity index (χ0n) is 10.9. The molecule has 0 aromatic heterocycles. The molecule has 0 amide bonds. The molecular weight excluding hydrogens is 298 g/mol. The van der Waals surface area contributed by atoms with Crippen molar-refractivity contribution >= 4 is 15.9 Å². The van der Waals surface area contributed by atoms with Gasteiger partial charge in [0.1, 0.15) is 0 Å². The molecule has 0 N–H and O–H groups in total. The molecule has 0 aliphatic carbocycles. The van der Waals surface area contributed by atoms with Crippen LogP contribution >= 0.6 is 15.9 Å². The van der Waals surface area contributed by atoms with Gasteiger partial charge in [-0.1, -0.05) is 54.3 Å². The number of benzene rings is 2. The van der Waals surface area contributed by atoms with Crippen molar-refractivity contribution in [2.24, 2.45) is 0 Å². The molecule has 1 nitrogen and oxygen atoms in total. The van der Waals surface area contributed by atoms with E-state index in [4.69, 9.17) is 0 Å². The van der Waals surface area contributed by atoms with Gasteiger partial charge in [0, 0.05) is 16.6 Å². The van der Waals surface area contributed by atoms with Crippen LogP contribution in [0, 0.1) is 11.8 Å². The van der Waals surface area contributed by atoms with Crippen LogP contribution in [-0.2, 0) is 6.54 Å². The zero-order valence-corrected chi connectivity index (χ0v) is 12.5. The minimum atomic E-state index is 0.760. The molecule has 0 fully saturated rings. The van der Waals surface area contributed by atoms with Crippen molar-refractivity contribution in [3.63, 3.8) is 0 Å². The molecule has 0 aliphatic rings. The van der Waals surface area contributed by atoms with E-state index in [2.05, 4.69) is 64.0 Å². The maximum atomic E-state index is 3.50. The average Bonchev–Trinajstić information content (AvgIpc) is 2.42. The summed E-state index contributed by atoms with van der Waals surface area (Å²) in [6.07, 6.45) is 0. The van der Waals surface area contributed by atoms with Gasteiger partial charge in [0.05, 0.1) is 6.54 Å². The third-order valence-electron chi connectivity index (χ3n) is 2.74. The van der Waals surface area contributed by atoms with E-state index in [0.717, 1.165) is 23.1 Å². The van der Waals surface area contributed by atoms with E-state index in [1.165, 1.54) is 5.56 Å². The molecule has 96 valence electrons. The van der Waals surface area contributed by atoms with Crippen LogP contribution in [0.25, 0.3) is 0 Å². The first-order chi connectivity index (χ1) is 9.25. The first-order valence-electron chi connectivity index (χ1n) is 6.21. The molecule has 19 heavy (non-hydrogen) atoms. The summed E-state index contributed by atoms with van der Waals surface area (Å²) in [5.41, 5.74) is 2.35.